The van der Waals surface area contributed by atoms with E-state index in [0.29, 0.717) is 30.9 Å². The number of benzene rings is 1. The van der Waals surface area contributed by atoms with Crippen molar-refractivity contribution in [3.63, 3.8) is 0 Å². The minimum atomic E-state index is -0.718. The highest BCUT2D eigenvalue weighted by Crippen LogP contribution is 2.40. The molecule has 1 aromatic carbocycles. The molecule has 2 atom stereocenters. The number of amides is 1. The molecule has 0 spiro atoms. The minimum absolute atomic E-state index is 0.0719. The summed E-state index contributed by atoms with van der Waals surface area (Å²) in [6, 6.07) is 8.11. The van der Waals surface area contributed by atoms with Crippen LogP contribution in [-0.2, 0) is 14.3 Å². The van der Waals surface area contributed by atoms with Crippen molar-refractivity contribution in [1.29, 1.82) is 0 Å². The first-order valence-electron chi connectivity index (χ1n) is 11.0. The first-order chi connectivity index (χ1) is 15.5. The van der Waals surface area contributed by atoms with E-state index in [2.05, 4.69) is 4.98 Å². The van der Waals surface area contributed by atoms with Crippen LogP contribution in [0.1, 0.15) is 48.9 Å². The molecule has 2 saturated heterocycles. The lowest BCUT2D eigenvalue weighted by atomic mass is 9.95. The number of likely N-dealkylation sites (tertiary alicyclic amines) is 1. The van der Waals surface area contributed by atoms with Crippen molar-refractivity contribution in [3.8, 4) is 5.75 Å². The maximum absolute atomic E-state index is 13.1. The van der Waals surface area contributed by atoms with Gasteiger partial charge in [0.25, 0.3) is 11.7 Å². The molecule has 0 bridgehead atoms. The van der Waals surface area contributed by atoms with Gasteiger partial charge >= 0.3 is 0 Å². The maximum Gasteiger partial charge on any atom is 0.295 e. The Morgan fingerprint density at radius 2 is 2.16 bits per heavy atom. The first kappa shape index (κ1) is 22.0. The van der Waals surface area contributed by atoms with Crippen molar-refractivity contribution in [2.24, 2.45) is 0 Å². The van der Waals surface area contributed by atoms with Gasteiger partial charge in [-0.05, 0) is 61.6 Å². The van der Waals surface area contributed by atoms with Crippen LogP contribution in [0, 0.1) is 6.92 Å². The Kier molecular flexibility index (Phi) is 6.55. The van der Waals surface area contributed by atoms with Crippen LogP contribution in [0.5, 0.6) is 5.75 Å². The molecule has 1 amide bonds. The van der Waals surface area contributed by atoms with Crippen LogP contribution in [-0.4, -0.2) is 52.5 Å². The summed E-state index contributed by atoms with van der Waals surface area (Å²) in [4.78, 5) is 31.8. The average molecular weight is 437 g/mol. The van der Waals surface area contributed by atoms with Crippen molar-refractivity contribution >= 4 is 17.4 Å². The van der Waals surface area contributed by atoms with Gasteiger partial charge in [0.05, 0.1) is 24.3 Å². The fraction of sp³-hybridized carbons (Fsp3) is 0.400. The predicted molar refractivity (Wildman–Crippen MR) is 119 cm³/mol. The largest absolute Gasteiger partial charge is 0.507 e. The fourth-order valence-electron chi connectivity index (χ4n) is 4.29. The van der Waals surface area contributed by atoms with Crippen LogP contribution in [0.15, 0.2) is 48.3 Å². The van der Waals surface area contributed by atoms with Gasteiger partial charge < -0.3 is 19.5 Å². The number of aromatic nitrogens is 1. The predicted octanol–water partition coefficient (Wildman–Crippen LogP) is 3.78. The molecule has 7 nitrogen and oxygen atoms in total. The number of ether oxygens (including phenoxy) is 2. The van der Waals surface area contributed by atoms with Gasteiger partial charge in [0.1, 0.15) is 11.5 Å². The van der Waals surface area contributed by atoms with Gasteiger partial charge in [0.2, 0.25) is 0 Å². The van der Waals surface area contributed by atoms with Crippen LogP contribution in [0.25, 0.3) is 5.76 Å². The molecule has 2 fully saturated rings. The Hall–Kier alpha value is -3.19. The van der Waals surface area contributed by atoms with Crippen LogP contribution in [0.3, 0.4) is 0 Å². The zero-order valence-electron chi connectivity index (χ0n) is 18.4. The molecule has 2 aromatic rings. The van der Waals surface area contributed by atoms with E-state index in [1.807, 2.05) is 19.9 Å². The summed E-state index contributed by atoms with van der Waals surface area (Å²) in [7, 11) is 0. The molecule has 2 unspecified atom stereocenters. The van der Waals surface area contributed by atoms with Crippen molar-refractivity contribution in [3.05, 3.63) is 65.0 Å². The molecule has 3 heterocycles. The monoisotopic (exact) mass is 436 g/mol. The topological polar surface area (TPSA) is 89.0 Å². The normalized spacial score (nSPS) is 22.5. The number of ketones is 1. The lowest BCUT2D eigenvalue weighted by Crippen LogP contribution is -2.36. The van der Waals surface area contributed by atoms with E-state index in [9.17, 15) is 14.7 Å². The maximum atomic E-state index is 13.1. The highest BCUT2D eigenvalue weighted by atomic mass is 16.5. The molecule has 1 N–H and O–H groups in total. The molecule has 4 rings (SSSR count). The van der Waals surface area contributed by atoms with E-state index in [1.165, 1.54) is 4.90 Å². The number of nitrogens with zero attached hydrogens (tertiary/aromatic N) is 2. The summed E-state index contributed by atoms with van der Waals surface area (Å²) >= 11 is 0. The molecule has 32 heavy (non-hydrogen) atoms. The second kappa shape index (κ2) is 9.53. The third-order valence-corrected chi connectivity index (χ3v) is 5.87. The van der Waals surface area contributed by atoms with E-state index in [4.69, 9.17) is 9.47 Å². The summed E-state index contributed by atoms with van der Waals surface area (Å²) < 4.78 is 11.4. The van der Waals surface area contributed by atoms with E-state index in [-0.39, 0.29) is 17.4 Å². The lowest BCUT2D eigenvalue weighted by molar-refractivity contribution is -0.140. The number of pyridine rings is 1. The Bertz CT molecular complexity index is 1030. The van der Waals surface area contributed by atoms with Crippen molar-refractivity contribution < 1.29 is 24.2 Å². The zero-order chi connectivity index (χ0) is 22.7. The molecule has 2 aliphatic heterocycles. The number of hydrogen-bond donors (Lipinski definition) is 1. The highest BCUT2D eigenvalue weighted by molar-refractivity contribution is 6.46. The smallest absolute Gasteiger partial charge is 0.295 e. The van der Waals surface area contributed by atoms with Gasteiger partial charge in [-0.15, -0.1) is 0 Å². The molecule has 2 aliphatic rings. The molecule has 1 aromatic heterocycles. The third kappa shape index (κ3) is 4.25. The summed E-state index contributed by atoms with van der Waals surface area (Å²) in [6.45, 7) is 5.46. The van der Waals surface area contributed by atoms with Crippen molar-refractivity contribution in [2.75, 3.05) is 19.8 Å². The molecule has 168 valence electrons. The molecular weight excluding hydrogens is 408 g/mol. The Labute approximate surface area is 187 Å². The van der Waals surface area contributed by atoms with Crippen LogP contribution >= 0.6 is 0 Å². The van der Waals surface area contributed by atoms with Gasteiger partial charge in [0.15, 0.2) is 0 Å². The van der Waals surface area contributed by atoms with Gasteiger partial charge in [-0.3, -0.25) is 14.6 Å². The van der Waals surface area contributed by atoms with Gasteiger partial charge in [-0.1, -0.05) is 13.0 Å². The second-order valence-electron chi connectivity index (χ2n) is 8.20. The number of Topliss-reactive ketones (excluding diaryl/α,β-unsaturated/α-hetero) is 1. The van der Waals surface area contributed by atoms with Crippen LogP contribution < -0.4 is 4.74 Å². The molecule has 0 radical (unpaired) electrons. The van der Waals surface area contributed by atoms with Crippen LogP contribution in [0.2, 0.25) is 0 Å². The number of hydrogen-bond acceptors (Lipinski definition) is 6. The van der Waals surface area contributed by atoms with E-state index < -0.39 is 17.7 Å². The van der Waals surface area contributed by atoms with Gasteiger partial charge in [-0.2, -0.15) is 0 Å². The van der Waals surface area contributed by atoms with E-state index >= 15 is 0 Å². The second-order valence-corrected chi connectivity index (χ2v) is 8.20. The molecule has 7 heteroatoms. The molecular formula is C25H28N2O5. The Morgan fingerprint density at radius 3 is 2.81 bits per heavy atom. The average Bonchev–Trinajstić information content (AvgIpc) is 3.41. The number of aryl methyl sites for hydroxylation is 1. The summed E-state index contributed by atoms with van der Waals surface area (Å²) in [5.74, 6) is -0.794. The number of aliphatic hydroxyl groups is 1. The van der Waals surface area contributed by atoms with Crippen molar-refractivity contribution in [1.82, 2.24) is 9.88 Å². The standard InChI is InChI=1S/C25H28N2O5/c1-3-11-32-20-9-8-17(13-16(20)2)23(28)21-22(18-6-4-10-26-14-18)27(25(30)24(21)29)15-19-7-5-12-31-19/h4,6,8-10,13-14,19,22,28H,3,5,7,11-12,15H2,1-2H3/b23-21-. The Morgan fingerprint density at radius 1 is 1.31 bits per heavy atom. The molecule has 0 saturated carbocycles. The SMILES string of the molecule is CCCOc1ccc(/C(O)=C2/C(=O)C(=O)N(CC3CCCO3)C2c2cccnc2)cc1C. The van der Waals surface area contributed by atoms with Crippen molar-refractivity contribution in [2.45, 2.75) is 45.3 Å². The molecule has 0 aliphatic carbocycles. The van der Waals surface area contributed by atoms with Gasteiger partial charge in [-0.25, -0.2) is 0 Å². The number of carbonyl (C=O) groups is 2. The van der Waals surface area contributed by atoms with E-state index in [1.54, 1.807) is 36.7 Å². The van der Waals surface area contributed by atoms with Gasteiger partial charge in [0, 0.05) is 31.1 Å². The highest BCUT2D eigenvalue weighted by Gasteiger charge is 2.47. The first-order valence-corrected chi connectivity index (χ1v) is 11.0. The summed E-state index contributed by atoms with van der Waals surface area (Å²) in [6.07, 6.45) is 5.79. The fourth-order valence-corrected chi connectivity index (χ4v) is 4.29. The minimum Gasteiger partial charge on any atom is -0.507 e. The number of rotatable bonds is 7. The Balaban J connectivity index is 1.76. The summed E-state index contributed by atoms with van der Waals surface area (Å²) in [5.41, 5.74) is 2.05. The van der Waals surface area contributed by atoms with E-state index in [0.717, 1.165) is 30.6 Å². The summed E-state index contributed by atoms with van der Waals surface area (Å²) in [5, 5.41) is 11.2. The quantitative estimate of drug-likeness (QED) is 0.404. The lowest BCUT2D eigenvalue weighted by Gasteiger charge is -2.27. The van der Waals surface area contributed by atoms with Crippen LogP contribution in [0.4, 0.5) is 0 Å². The third-order valence-electron chi connectivity index (χ3n) is 5.87. The number of aliphatic hydroxyl groups excluding tert-OH is 1. The zero-order valence-corrected chi connectivity index (χ0v) is 18.4. The number of carbonyl (C=O) groups excluding carboxylic acids is 2.